The zero-order valence-electron chi connectivity index (χ0n) is 10.4. The van der Waals surface area contributed by atoms with E-state index in [-0.39, 0.29) is 11.6 Å². The van der Waals surface area contributed by atoms with Gasteiger partial charge in [0.1, 0.15) is 11.6 Å². The normalized spacial score (nSPS) is 17.6. The average Bonchev–Trinajstić information content (AvgIpc) is 2.38. The molecule has 3 N–H and O–H groups in total. The van der Waals surface area contributed by atoms with Crippen LogP contribution >= 0.6 is 0 Å². The molecule has 2 heterocycles. The van der Waals surface area contributed by atoms with E-state index in [4.69, 9.17) is 5.84 Å². The first kappa shape index (κ1) is 13.8. The predicted molar refractivity (Wildman–Crippen MR) is 64.6 cm³/mol. The summed E-state index contributed by atoms with van der Waals surface area (Å²) >= 11 is 0. The molecule has 0 bridgehead atoms. The number of nitrogen functional groups attached to an aromatic ring is 1. The van der Waals surface area contributed by atoms with Crippen molar-refractivity contribution >= 4 is 11.6 Å². The number of nitrogens with two attached hydrogens (primary N) is 1. The van der Waals surface area contributed by atoms with E-state index in [2.05, 4.69) is 20.3 Å². The molecule has 19 heavy (non-hydrogen) atoms. The van der Waals surface area contributed by atoms with Crippen molar-refractivity contribution in [3.8, 4) is 0 Å². The maximum Gasteiger partial charge on any atom is 0.451 e. The third kappa shape index (κ3) is 3.24. The number of likely N-dealkylation sites (N-methyl/N-ethyl adjacent to an activating group) is 1. The zero-order valence-corrected chi connectivity index (χ0v) is 10.4. The van der Waals surface area contributed by atoms with Crippen LogP contribution < -0.4 is 16.2 Å². The molecular weight excluding hydrogens is 261 g/mol. The van der Waals surface area contributed by atoms with Crippen LogP contribution in [0.3, 0.4) is 0 Å². The molecule has 0 radical (unpaired) electrons. The molecule has 6 nitrogen and oxygen atoms in total. The minimum Gasteiger partial charge on any atom is -0.354 e. The van der Waals surface area contributed by atoms with E-state index in [9.17, 15) is 13.2 Å². The number of hydrazine groups is 1. The van der Waals surface area contributed by atoms with Crippen LogP contribution in [0.4, 0.5) is 24.8 Å². The Balaban J connectivity index is 2.29. The summed E-state index contributed by atoms with van der Waals surface area (Å²) < 4.78 is 38.1. The van der Waals surface area contributed by atoms with Crippen LogP contribution in [-0.4, -0.2) is 48.1 Å². The van der Waals surface area contributed by atoms with Crippen LogP contribution in [0.2, 0.25) is 0 Å². The van der Waals surface area contributed by atoms with Gasteiger partial charge in [-0.05, 0) is 7.05 Å². The van der Waals surface area contributed by atoms with Gasteiger partial charge in [-0.1, -0.05) is 0 Å². The molecule has 1 fully saturated rings. The maximum atomic E-state index is 12.7. The van der Waals surface area contributed by atoms with Gasteiger partial charge in [0.2, 0.25) is 5.82 Å². The Hall–Kier alpha value is -1.61. The first-order valence-corrected chi connectivity index (χ1v) is 5.76. The lowest BCUT2D eigenvalue weighted by Crippen LogP contribution is -2.45. The lowest BCUT2D eigenvalue weighted by atomic mass is 10.3. The second kappa shape index (κ2) is 5.17. The largest absolute Gasteiger partial charge is 0.451 e. The Kier molecular flexibility index (Phi) is 3.76. The second-order valence-corrected chi connectivity index (χ2v) is 4.37. The smallest absolute Gasteiger partial charge is 0.354 e. The van der Waals surface area contributed by atoms with E-state index in [0.717, 1.165) is 13.1 Å². The van der Waals surface area contributed by atoms with Crippen LogP contribution in [0.15, 0.2) is 6.07 Å². The van der Waals surface area contributed by atoms with Gasteiger partial charge < -0.3 is 15.2 Å². The van der Waals surface area contributed by atoms with Crippen molar-refractivity contribution in [3.63, 3.8) is 0 Å². The number of halogens is 3. The topological polar surface area (TPSA) is 70.3 Å². The molecular formula is C10H15F3N6. The van der Waals surface area contributed by atoms with Crippen LogP contribution in [0.25, 0.3) is 0 Å². The number of hydrogen-bond donors (Lipinski definition) is 2. The van der Waals surface area contributed by atoms with Crippen molar-refractivity contribution < 1.29 is 13.2 Å². The molecule has 0 saturated carbocycles. The molecule has 1 saturated heterocycles. The fraction of sp³-hybridized carbons (Fsp3) is 0.600. The number of anilines is 2. The van der Waals surface area contributed by atoms with Crippen molar-refractivity contribution in [2.75, 3.05) is 43.6 Å². The quantitative estimate of drug-likeness (QED) is 0.606. The van der Waals surface area contributed by atoms with E-state index >= 15 is 0 Å². The lowest BCUT2D eigenvalue weighted by molar-refractivity contribution is -0.144. The number of aromatic nitrogens is 2. The summed E-state index contributed by atoms with van der Waals surface area (Å²) in [6.45, 7) is 2.79. The Labute approximate surface area is 108 Å². The summed E-state index contributed by atoms with van der Waals surface area (Å²) in [6, 6.07) is 1.42. The van der Waals surface area contributed by atoms with Gasteiger partial charge in [0.25, 0.3) is 0 Å². The van der Waals surface area contributed by atoms with E-state index in [1.54, 1.807) is 4.90 Å². The Bertz CT molecular complexity index is 441. The minimum absolute atomic E-state index is 0.0451. The Morgan fingerprint density at radius 1 is 1.21 bits per heavy atom. The molecule has 1 aromatic heterocycles. The summed E-state index contributed by atoms with van der Waals surface area (Å²) in [6.07, 6.45) is -4.59. The fourth-order valence-electron chi connectivity index (χ4n) is 1.83. The number of hydrogen-bond acceptors (Lipinski definition) is 6. The molecule has 106 valence electrons. The van der Waals surface area contributed by atoms with E-state index in [1.807, 2.05) is 7.05 Å². The molecule has 0 amide bonds. The van der Waals surface area contributed by atoms with Crippen LogP contribution in [0.1, 0.15) is 5.82 Å². The summed E-state index contributed by atoms with van der Waals surface area (Å²) in [7, 11) is 1.96. The molecule has 1 aliphatic rings. The molecule has 0 aliphatic carbocycles. The maximum absolute atomic E-state index is 12.7. The average molecular weight is 276 g/mol. The van der Waals surface area contributed by atoms with Gasteiger partial charge in [0.05, 0.1) is 0 Å². The predicted octanol–water partition coefficient (Wildman–Crippen LogP) is 0.533. The molecule has 0 spiro atoms. The van der Waals surface area contributed by atoms with Crippen molar-refractivity contribution in [3.05, 3.63) is 11.9 Å². The van der Waals surface area contributed by atoms with E-state index < -0.39 is 12.0 Å². The first-order valence-electron chi connectivity index (χ1n) is 5.76. The lowest BCUT2D eigenvalue weighted by Gasteiger charge is -2.33. The van der Waals surface area contributed by atoms with Gasteiger partial charge in [-0.15, -0.1) is 0 Å². The molecule has 2 rings (SSSR count). The molecule has 0 aromatic carbocycles. The highest BCUT2D eigenvalue weighted by molar-refractivity contribution is 5.49. The molecule has 1 aliphatic heterocycles. The Morgan fingerprint density at radius 3 is 2.37 bits per heavy atom. The Morgan fingerprint density at radius 2 is 1.84 bits per heavy atom. The summed E-state index contributed by atoms with van der Waals surface area (Å²) in [5.74, 6) is 4.16. The van der Waals surface area contributed by atoms with Gasteiger partial charge >= 0.3 is 6.18 Å². The number of alkyl halides is 3. The second-order valence-electron chi connectivity index (χ2n) is 4.37. The number of rotatable bonds is 2. The zero-order chi connectivity index (χ0) is 14.0. The van der Waals surface area contributed by atoms with Crippen molar-refractivity contribution in [1.82, 2.24) is 14.9 Å². The van der Waals surface area contributed by atoms with Crippen molar-refractivity contribution in [2.24, 2.45) is 5.84 Å². The molecule has 0 atom stereocenters. The van der Waals surface area contributed by atoms with Gasteiger partial charge in [-0.2, -0.15) is 13.2 Å². The molecule has 0 unspecified atom stereocenters. The summed E-state index contributed by atoms with van der Waals surface area (Å²) in [5.41, 5.74) is 2.14. The van der Waals surface area contributed by atoms with Crippen LogP contribution in [0, 0.1) is 0 Å². The molecule has 1 aromatic rings. The first-order chi connectivity index (χ1) is 8.90. The highest BCUT2D eigenvalue weighted by atomic mass is 19.4. The third-order valence-electron chi connectivity index (χ3n) is 2.94. The van der Waals surface area contributed by atoms with Crippen molar-refractivity contribution in [2.45, 2.75) is 6.18 Å². The monoisotopic (exact) mass is 276 g/mol. The van der Waals surface area contributed by atoms with E-state index in [1.165, 1.54) is 6.07 Å². The number of piperazine rings is 1. The van der Waals surface area contributed by atoms with Gasteiger partial charge in [-0.25, -0.2) is 15.8 Å². The van der Waals surface area contributed by atoms with Crippen LogP contribution in [-0.2, 0) is 6.18 Å². The SMILES string of the molecule is CN1CCN(c2cc(NN)nc(C(F)(F)F)n2)CC1. The van der Waals surface area contributed by atoms with Crippen LogP contribution in [0.5, 0.6) is 0 Å². The summed E-state index contributed by atoms with van der Waals surface area (Å²) in [5, 5.41) is 0. The highest BCUT2D eigenvalue weighted by Crippen LogP contribution is 2.29. The number of nitrogens with zero attached hydrogens (tertiary/aromatic N) is 4. The van der Waals surface area contributed by atoms with Gasteiger partial charge in [0, 0.05) is 32.2 Å². The molecule has 9 heteroatoms. The third-order valence-corrected chi connectivity index (χ3v) is 2.94. The standard InChI is InChI=1S/C10H15F3N6/c1-18-2-4-19(5-3-18)8-6-7(17-14)15-9(16-8)10(11,12)13/h6H,2-5,14H2,1H3,(H,15,16,17). The summed E-state index contributed by atoms with van der Waals surface area (Å²) in [4.78, 5) is 10.8. The van der Waals surface area contributed by atoms with Gasteiger partial charge in [-0.3, -0.25) is 0 Å². The van der Waals surface area contributed by atoms with Crippen molar-refractivity contribution in [1.29, 1.82) is 0 Å². The minimum atomic E-state index is -4.59. The number of nitrogens with one attached hydrogen (secondary N) is 1. The van der Waals surface area contributed by atoms with Gasteiger partial charge in [0.15, 0.2) is 0 Å². The fourth-order valence-corrected chi connectivity index (χ4v) is 1.83. The highest BCUT2D eigenvalue weighted by Gasteiger charge is 2.36. The van der Waals surface area contributed by atoms with E-state index in [0.29, 0.717) is 13.1 Å².